The van der Waals surface area contributed by atoms with Gasteiger partial charge in [0.1, 0.15) is 6.10 Å². The normalized spacial score (nSPS) is 24.2. The molecule has 0 aliphatic carbocycles. The minimum Gasteiger partial charge on any atom is -0.367 e. The molecule has 18 heavy (non-hydrogen) atoms. The Morgan fingerprint density at radius 1 is 1.28 bits per heavy atom. The van der Waals surface area contributed by atoms with Gasteiger partial charge in [-0.1, -0.05) is 18.2 Å². The molecule has 0 saturated carbocycles. The summed E-state index contributed by atoms with van der Waals surface area (Å²) in [5.74, 6) is -0.637. The predicted molar refractivity (Wildman–Crippen MR) is 57.5 cm³/mol. The summed E-state index contributed by atoms with van der Waals surface area (Å²) < 4.78 is 43.7. The van der Waals surface area contributed by atoms with Gasteiger partial charge in [0.25, 0.3) is 0 Å². The number of hydrogen-bond donors (Lipinski definition) is 1. The summed E-state index contributed by atoms with van der Waals surface area (Å²) >= 11 is 0. The van der Waals surface area contributed by atoms with Crippen molar-refractivity contribution >= 4 is 5.91 Å². The molecule has 0 radical (unpaired) electrons. The topological polar surface area (TPSA) is 52.3 Å². The Hall–Kier alpha value is -1.56. The highest BCUT2D eigenvalue weighted by atomic mass is 19.4. The maximum Gasteiger partial charge on any atom is 0.416 e. The van der Waals surface area contributed by atoms with E-state index < -0.39 is 29.9 Å². The van der Waals surface area contributed by atoms with E-state index in [2.05, 4.69) is 0 Å². The van der Waals surface area contributed by atoms with Crippen LogP contribution in [0.1, 0.15) is 30.1 Å². The van der Waals surface area contributed by atoms with Crippen LogP contribution in [0.2, 0.25) is 0 Å². The zero-order valence-electron chi connectivity index (χ0n) is 9.41. The lowest BCUT2D eigenvalue weighted by Gasteiger charge is -2.17. The minimum atomic E-state index is -4.43. The van der Waals surface area contributed by atoms with Gasteiger partial charge in [0.2, 0.25) is 5.91 Å². The second-order valence-electron chi connectivity index (χ2n) is 4.18. The Labute approximate surface area is 102 Å². The largest absolute Gasteiger partial charge is 0.416 e. The third-order valence-electron chi connectivity index (χ3n) is 2.95. The standard InChI is InChI=1S/C12H12F3NO2/c13-12(14,15)8-4-2-1-3-7(8)9-5-6-10(18-9)11(16)17/h1-4,9-10H,5-6H2,(H2,16,17)/t9-,10+/m0/s1. The number of benzene rings is 1. The number of alkyl halides is 3. The Morgan fingerprint density at radius 3 is 2.50 bits per heavy atom. The monoisotopic (exact) mass is 259 g/mol. The van der Waals surface area contributed by atoms with Crippen LogP contribution in [0.5, 0.6) is 0 Å². The van der Waals surface area contributed by atoms with E-state index in [1.807, 2.05) is 0 Å². The number of amides is 1. The molecule has 2 N–H and O–H groups in total. The molecule has 1 aromatic carbocycles. The van der Waals surface area contributed by atoms with Crippen molar-refractivity contribution in [1.82, 2.24) is 0 Å². The first kappa shape index (κ1) is 12.9. The summed E-state index contributed by atoms with van der Waals surface area (Å²) in [5.41, 5.74) is 4.42. The lowest BCUT2D eigenvalue weighted by molar-refractivity contribution is -0.139. The molecule has 0 unspecified atom stereocenters. The van der Waals surface area contributed by atoms with Gasteiger partial charge < -0.3 is 10.5 Å². The molecule has 3 nitrogen and oxygen atoms in total. The number of hydrogen-bond acceptors (Lipinski definition) is 2. The van der Waals surface area contributed by atoms with Crippen molar-refractivity contribution in [3.8, 4) is 0 Å². The van der Waals surface area contributed by atoms with Crippen molar-refractivity contribution in [3.63, 3.8) is 0 Å². The summed E-state index contributed by atoms with van der Waals surface area (Å²) in [6.07, 6.45) is -5.23. The van der Waals surface area contributed by atoms with Crippen molar-refractivity contribution in [2.75, 3.05) is 0 Å². The molecule has 2 atom stereocenters. The molecular formula is C12H12F3NO2. The highest BCUT2D eigenvalue weighted by Crippen LogP contribution is 2.40. The van der Waals surface area contributed by atoms with Crippen LogP contribution in [0.4, 0.5) is 13.2 Å². The molecule has 0 aromatic heterocycles. The number of carbonyl (C=O) groups is 1. The fraction of sp³-hybridized carbons (Fsp3) is 0.417. The highest BCUT2D eigenvalue weighted by molar-refractivity contribution is 5.79. The number of carbonyl (C=O) groups excluding carboxylic acids is 1. The fourth-order valence-corrected chi connectivity index (χ4v) is 2.11. The van der Waals surface area contributed by atoms with Gasteiger partial charge in [0, 0.05) is 0 Å². The van der Waals surface area contributed by atoms with E-state index in [1.165, 1.54) is 18.2 Å². The Morgan fingerprint density at radius 2 is 1.94 bits per heavy atom. The quantitative estimate of drug-likeness (QED) is 0.886. The van der Waals surface area contributed by atoms with Crippen molar-refractivity contribution in [3.05, 3.63) is 35.4 Å². The first-order valence-electron chi connectivity index (χ1n) is 5.50. The van der Waals surface area contributed by atoms with E-state index in [0.717, 1.165) is 6.07 Å². The van der Waals surface area contributed by atoms with E-state index in [-0.39, 0.29) is 5.56 Å². The first-order valence-corrected chi connectivity index (χ1v) is 5.50. The third kappa shape index (κ3) is 2.48. The molecule has 1 fully saturated rings. The second kappa shape index (κ2) is 4.61. The molecule has 1 amide bonds. The van der Waals surface area contributed by atoms with Crippen LogP contribution < -0.4 is 5.73 Å². The average molecular weight is 259 g/mol. The van der Waals surface area contributed by atoms with Gasteiger partial charge in [-0.05, 0) is 24.5 Å². The van der Waals surface area contributed by atoms with Crippen LogP contribution in [0.25, 0.3) is 0 Å². The SMILES string of the molecule is NC(=O)[C@H]1CC[C@@H](c2ccccc2C(F)(F)F)O1. The lowest BCUT2D eigenvalue weighted by Crippen LogP contribution is -2.27. The molecule has 1 saturated heterocycles. The summed E-state index contributed by atoms with van der Waals surface area (Å²) in [4.78, 5) is 10.9. The zero-order chi connectivity index (χ0) is 13.3. The van der Waals surface area contributed by atoms with Crippen molar-refractivity contribution in [2.24, 2.45) is 5.73 Å². The number of nitrogens with two attached hydrogens (primary N) is 1. The number of halogens is 3. The summed E-state index contributed by atoms with van der Waals surface area (Å²) in [6.45, 7) is 0. The van der Waals surface area contributed by atoms with Crippen LogP contribution in [0, 0.1) is 0 Å². The molecule has 2 rings (SSSR count). The smallest absolute Gasteiger partial charge is 0.367 e. The van der Waals surface area contributed by atoms with Crippen LogP contribution in [0.3, 0.4) is 0 Å². The van der Waals surface area contributed by atoms with Crippen molar-refractivity contribution in [2.45, 2.75) is 31.2 Å². The molecule has 1 aliphatic rings. The molecule has 0 bridgehead atoms. The van der Waals surface area contributed by atoms with Gasteiger partial charge in [-0.15, -0.1) is 0 Å². The van der Waals surface area contributed by atoms with Gasteiger partial charge in [0.05, 0.1) is 11.7 Å². The minimum absolute atomic E-state index is 0.0637. The molecule has 98 valence electrons. The molecule has 6 heteroatoms. The third-order valence-corrected chi connectivity index (χ3v) is 2.95. The molecule has 0 spiro atoms. The first-order chi connectivity index (χ1) is 8.39. The molecule has 1 heterocycles. The van der Waals surface area contributed by atoms with Gasteiger partial charge in [0.15, 0.2) is 0 Å². The summed E-state index contributed by atoms with van der Waals surface area (Å²) in [6, 6.07) is 5.23. The van der Waals surface area contributed by atoms with Gasteiger partial charge in [-0.25, -0.2) is 0 Å². The Bertz CT molecular complexity index is 459. The van der Waals surface area contributed by atoms with E-state index in [0.29, 0.717) is 12.8 Å². The number of rotatable bonds is 2. The van der Waals surface area contributed by atoms with E-state index >= 15 is 0 Å². The maximum absolute atomic E-state index is 12.8. The predicted octanol–water partition coefficient (Wildman–Crippen LogP) is 2.41. The molecule has 1 aromatic rings. The van der Waals surface area contributed by atoms with E-state index in [9.17, 15) is 18.0 Å². The maximum atomic E-state index is 12.8. The summed E-state index contributed by atoms with van der Waals surface area (Å²) in [5, 5.41) is 0. The number of primary amides is 1. The Balaban J connectivity index is 2.27. The zero-order valence-corrected chi connectivity index (χ0v) is 9.41. The fourth-order valence-electron chi connectivity index (χ4n) is 2.11. The van der Waals surface area contributed by atoms with Gasteiger partial charge in [-0.3, -0.25) is 4.79 Å². The van der Waals surface area contributed by atoms with Crippen LogP contribution >= 0.6 is 0 Å². The second-order valence-corrected chi connectivity index (χ2v) is 4.18. The van der Waals surface area contributed by atoms with Gasteiger partial charge in [-0.2, -0.15) is 13.2 Å². The van der Waals surface area contributed by atoms with Crippen LogP contribution in [-0.4, -0.2) is 12.0 Å². The Kier molecular flexibility index (Phi) is 3.30. The van der Waals surface area contributed by atoms with Crippen molar-refractivity contribution in [1.29, 1.82) is 0 Å². The molecule has 1 aliphatic heterocycles. The van der Waals surface area contributed by atoms with Crippen LogP contribution in [0.15, 0.2) is 24.3 Å². The van der Waals surface area contributed by atoms with Crippen LogP contribution in [-0.2, 0) is 15.7 Å². The average Bonchev–Trinajstić information content (AvgIpc) is 2.77. The number of ether oxygens (including phenoxy) is 1. The van der Waals surface area contributed by atoms with E-state index in [4.69, 9.17) is 10.5 Å². The van der Waals surface area contributed by atoms with Gasteiger partial charge >= 0.3 is 6.18 Å². The summed E-state index contributed by atoms with van der Waals surface area (Å²) in [7, 11) is 0. The highest BCUT2D eigenvalue weighted by Gasteiger charge is 2.38. The van der Waals surface area contributed by atoms with E-state index in [1.54, 1.807) is 0 Å². The lowest BCUT2D eigenvalue weighted by atomic mass is 10.00. The molecular weight excluding hydrogens is 247 g/mol. The van der Waals surface area contributed by atoms with Crippen molar-refractivity contribution < 1.29 is 22.7 Å².